The molecule has 0 N–H and O–H groups in total. The van der Waals surface area contributed by atoms with E-state index in [9.17, 15) is 9.59 Å². The number of rotatable bonds is 3. The molecule has 0 radical (unpaired) electrons. The van der Waals surface area contributed by atoms with Crippen LogP contribution in [-0.4, -0.2) is 46.5 Å². The predicted molar refractivity (Wildman–Crippen MR) is 112 cm³/mol. The van der Waals surface area contributed by atoms with E-state index in [0.717, 1.165) is 35.3 Å². The van der Waals surface area contributed by atoms with Gasteiger partial charge in [-0.25, -0.2) is 4.98 Å². The molecule has 1 aliphatic heterocycles. The van der Waals surface area contributed by atoms with Crippen molar-refractivity contribution < 1.29 is 14.3 Å². The molecule has 1 atom stereocenters. The second-order valence-electron chi connectivity index (χ2n) is 7.50. The summed E-state index contributed by atoms with van der Waals surface area (Å²) in [4.78, 5) is 31.3. The third-order valence-electron chi connectivity index (χ3n) is 5.64. The third-order valence-corrected chi connectivity index (χ3v) is 5.64. The first kappa shape index (κ1) is 19.6. The summed E-state index contributed by atoms with van der Waals surface area (Å²) < 4.78 is 6.82. The van der Waals surface area contributed by atoms with E-state index in [2.05, 4.69) is 6.07 Å². The van der Waals surface area contributed by atoms with E-state index in [1.54, 1.807) is 29.2 Å². The van der Waals surface area contributed by atoms with Crippen LogP contribution in [0.1, 0.15) is 28.8 Å². The summed E-state index contributed by atoms with van der Waals surface area (Å²) in [5.74, 6) is 0.132. The molecule has 1 aliphatic rings. The predicted octanol–water partition coefficient (Wildman–Crippen LogP) is 3.14. The van der Waals surface area contributed by atoms with Gasteiger partial charge in [0, 0.05) is 31.3 Å². The number of aryl methyl sites for hydroxylation is 1. The molecule has 1 fully saturated rings. The van der Waals surface area contributed by atoms with Gasteiger partial charge in [0.2, 0.25) is 0 Å². The molecule has 0 saturated carbocycles. The molecule has 4 rings (SSSR count). The Morgan fingerprint density at radius 2 is 1.97 bits per heavy atom. The zero-order chi connectivity index (χ0) is 21.3. The van der Waals surface area contributed by atoms with Gasteiger partial charge in [-0.15, -0.1) is 0 Å². The maximum Gasteiger partial charge on any atom is 0.310 e. The van der Waals surface area contributed by atoms with Crippen LogP contribution in [0.15, 0.2) is 42.5 Å². The minimum atomic E-state index is -0.269. The van der Waals surface area contributed by atoms with Crippen molar-refractivity contribution in [1.29, 1.82) is 5.26 Å². The zero-order valence-electron chi connectivity index (χ0n) is 17.0. The summed E-state index contributed by atoms with van der Waals surface area (Å²) in [5.41, 5.74) is 3.69. The molecular weight excluding hydrogens is 380 g/mol. The Morgan fingerprint density at radius 3 is 2.67 bits per heavy atom. The Hall–Kier alpha value is -3.66. The van der Waals surface area contributed by atoms with Crippen LogP contribution in [0.3, 0.4) is 0 Å². The van der Waals surface area contributed by atoms with Crippen LogP contribution in [0.25, 0.3) is 22.4 Å². The van der Waals surface area contributed by atoms with Crippen LogP contribution >= 0.6 is 0 Å². The molecular formula is C23H22N4O3. The Balaban J connectivity index is 1.62. The van der Waals surface area contributed by atoms with Crippen molar-refractivity contribution in [2.24, 2.45) is 13.0 Å². The topological polar surface area (TPSA) is 88.2 Å². The summed E-state index contributed by atoms with van der Waals surface area (Å²) in [6.45, 7) is 1.01. The largest absolute Gasteiger partial charge is 0.469 e. The van der Waals surface area contributed by atoms with E-state index in [-0.39, 0.29) is 17.8 Å². The zero-order valence-corrected chi connectivity index (χ0v) is 17.0. The summed E-state index contributed by atoms with van der Waals surface area (Å²) in [5, 5.41) is 8.99. The molecule has 3 aromatic rings. The number of esters is 1. The molecule has 30 heavy (non-hydrogen) atoms. The van der Waals surface area contributed by atoms with Crippen molar-refractivity contribution in [1.82, 2.24) is 14.5 Å². The van der Waals surface area contributed by atoms with Crippen molar-refractivity contribution in [3.8, 4) is 17.5 Å². The maximum atomic E-state index is 13.0. The molecule has 2 heterocycles. The molecule has 7 nitrogen and oxygen atoms in total. The highest BCUT2D eigenvalue weighted by Gasteiger charge is 2.29. The van der Waals surface area contributed by atoms with Crippen molar-refractivity contribution in [2.45, 2.75) is 12.8 Å². The monoisotopic (exact) mass is 402 g/mol. The van der Waals surface area contributed by atoms with Crippen molar-refractivity contribution in [3.63, 3.8) is 0 Å². The molecule has 0 bridgehead atoms. The smallest absolute Gasteiger partial charge is 0.310 e. The Bertz CT molecular complexity index is 1160. The van der Waals surface area contributed by atoms with E-state index in [4.69, 9.17) is 15.0 Å². The average Bonchev–Trinajstić information content (AvgIpc) is 3.13. The molecule has 1 unspecified atom stereocenters. The number of fused-ring (bicyclic) bond motifs is 1. The lowest BCUT2D eigenvalue weighted by Gasteiger charge is -2.31. The first-order chi connectivity index (χ1) is 14.5. The molecule has 7 heteroatoms. The normalized spacial score (nSPS) is 16.3. The lowest BCUT2D eigenvalue weighted by Crippen LogP contribution is -2.42. The van der Waals surface area contributed by atoms with Gasteiger partial charge in [0.15, 0.2) is 0 Å². The van der Waals surface area contributed by atoms with E-state index >= 15 is 0 Å². The van der Waals surface area contributed by atoms with E-state index in [0.29, 0.717) is 24.2 Å². The number of carbonyl (C=O) groups excluding carboxylic acids is 2. The number of nitrogens with zero attached hydrogens (tertiary/aromatic N) is 4. The van der Waals surface area contributed by atoms with Crippen molar-refractivity contribution >= 4 is 22.9 Å². The number of carbonyl (C=O) groups is 2. The first-order valence-corrected chi connectivity index (χ1v) is 9.86. The van der Waals surface area contributed by atoms with Gasteiger partial charge in [0.25, 0.3) is 5.91 Å². The quantitative estimate of drug-likeness (QED) is 0.628. The van der Waals surface area contributed by atoms with Crippen LogP contribution in [0, 0.1) is 17.2 Å². The molecule has 152 valence electrons. The molecule has 1 saturated heterocycles. The number of nitriles is 1. The fourth-order valence-electron chi connectivity index (χ4n) is 3.99. The maximum absolute atomic E-state index is 13.0. The van der Waals surface area contributed by atoms with Gasteiger partial charge in [-0.3, -0.25) is 9.59 Å². The Labute approximate surface area is 174 Å². The minimum absolute atomic E-state index is 0.101. The fraction of sp³-hybridized carbons (Fsp3) is 0.304. The Morgan fingerprint density at radius 1 is 1.20 bits per heavy atom. The number of piperidine rings is 1. The SMILES string of the molecule is COC(=O)C1CCCN(C(=O)c2ccc3c(c2)nc(-c2ccc(C#N)cc2)n3C)C1. The van der Waals surface area contributed by atoms with Gasteiger partial charge in [0.1, 0.15) is 5.82 Å². The second-order valence-corrected chi connectivity index (χ2v) is 7.50. The highest BCUT2D eigenvalue weighted by molar-refractivity contribution is 5.98. The van der Waals surface area contributed by atoms with Crippen LogP contribution in [0.2, 0.25) is 0 Å². The van der Waals surface area contributed by atoms with Gasteiger partial charge in [-0.1, -0.05) is 0 Å². The summed E-state index contributed by atoms with van der Waals surface area (Å²) in [6, 6.07) is 14.9. The Kier molecular flexibility index (Phi) is 5.23. The molecule has 0 aliphatic carbocycles. The second kappa shape index (κ2) is 7.99. The molecule has 0 spiro atoms. The fourth-order valence-corrected chi connectivity index (χ4v) is 3.99. The highest BCUT2D eigenvalue weighted by Crippen LogP contribution is 2.26. The highest BCUT2D eigenvalue weighted by atomic mass is 16.5. The lowest BCUT2D eigenvalue weighted by molar-refractivity contribution is -0.146. The standard InChI is InChI=1S/C23H22N4O3/c1-26-20-10-9-17(22(28)27-11-3-4-18(14-27)23(29)30-2)12-19(20)25-21(26)16-7-5-15(13-24)6-8-16/h5-10,12,18H,3-4,11,14H2,1-2H3. The van der Waals surface area contributed by atoms with Gasteiger partial charge in [0.05, 0.1) is 35.7 Å². The number of ether oxygens (including phenoxy) is 1. The lowest BCUT2D eigenvalue weighted by atomic mass is 9.97. The van der Waals surface area contributed by atoms with Crippen LogP contribution in [-0.2, 0) is 16.6 Å². The number of likely N-dealkylation sites (tertiary alicyclic amines) is 1. The number of imidazole rings is 1. The molecule has 1 amide bonds. The van der Waals surface area contributed by atoms with Gasteiger partial charge >= 0.3 is 5.97 Å². The minimum Gasteiger partial charge on any atom is -0.469 e. The van der Waals surface area contributed by atoms with E-state index in [1.807, 2.05) is 29.8 Å². The van der Waals surface area contributed by atoms with Gasteiger partial charge in [-0.05, 0) is 55.3 Å². The van der Waals surface area contributed by atoms with Crippen molar-refractivity contribution in [2.75, 3.05) is 20.2 Å². The number of hydrogen-bond donors (Lipinski definition) is 0. The first-order valence-electron chi connectivity index (χ1n) is 9.86. The van der Waals surface area contributed by atoms with Crippen molar-refractivity contribution in [3.05, 3.63) is 53.6 Å². The van der Waals surface area contributed by atoms with Crippen LogP contribution in [0.5, 0.6) is 0 Å². The number of benzene rings is 2. The summed E-state index contributed by atoms with van der Waals surface area (Å²) in [6.07, 6.45) is 1.52. The average molecular weight is 402 g/mol. The van der Waals surface area contributed by atoms with E-state index in [1.165, 1.54) is 7.11 Å². The molecule has 1 aromatic heterocycles. The third kappa shape index (κ3) is 3.52. The van der Waals surface area contributed by atoms with Gasteiger partial charge in [-0.2, -0.15) is 5.26 Å². The number of hydrogen-bond acceptors (Lipinski definition) is 5. The number of aromatic nitrogens is 2. The van der Waals surface area contributed by atoms with Crippen LogP contribution in [0.4, 0.5) is 0 Å². The molecule has 2 aromatic carbocycles. The van der Waals surface area contributed by atoms with Crippen LogP contribution < -0.4 is 0 Å². The summed E-state index contributed by atoms with van der Waals surface area (Å²) in [7, 11) is 3.31. The van der Waals surface area contributed by atoms with Gasteiger partial charge < -0.3 is 14.2 Å². The summed E-state index contributed by atoms with van der Waals surface area (Å²) >= 11 is 0. The number of amides is 1. The number of methoxy groups -OCH3 is 1. The van der Waals surface area contributed by atoms with E-state index < -0.39 is 0 Å².